The van der Waals surface area contributed by atoms with Crippen molar-refractivity contribution < 1.29 is 4.39 Å². The monoisotopic (exact) mass is 228 g/mol. The minimum Gasteiger partial charge on any atom is -0.308 e. The molecule has 1 aromatic heterocycles. The second-order valence-electron chi connectivity index (χ2n) is 3.63. The summed E-state index contributed by atoms with van der Waals surface area (Å²) in [5, 5.41) is 8.75. The number of halogens is 1. The van der Waals surface area contributed by atoms with Gasteiger partial charge in [0.1, 0.15) is 5.82 Å². The molecule has 0 spiro atoms. The number of benzene rings is 1. The maximum absolute atomic E-state index is 13.0. The molecule has 0 aliphatic carbocycles. The highest BCUT2D eigenvalue weighted by atomic mass is 19.1. The summed E-state index contributed by atoms with van der Waals surface area (Å²) >= 11 is 0. The Morgan fingerprint density at radius 3 is 2.88 bits per heavy atom. The van der Waals surface area contributed by atoms with E-state index in [-0.39, 0.29) is 12.1 Å². The van der Waals surface area contributed by atoms with E-state index in [0.29, 0.717) is 5.56 Å². The van der Waals surface area contributed by atoms with E-state index in [4.69, 9.17) is 5.26 Å². The number of hydrogen-bond donors (Lipinski definition) is 0. The highest BCUT2D eigenvalue weighted by molar-refractivity contribution is 5.32. The van der Waals surface area contributed by atoms with E-state index >= 15 is 0 Å². The van der Waals surface area contributed by atoms with E-state index in [2.05, 4.69) is 0 Å². The molecule has 0 saturated heterocycles. The summed E-state index contributed by atoms with van der Waals surface area (Å²) in [6.07, 6.45) is 1.15. The number of nitriles is 1. The first kappa shape index (κ1) is 11.1. The Morgan fingerprint density at radius 1 is 1.29 bits per heavy atom. The van der Waals surface area contributed by atoms with Crippen LogP contribution in [-0.4, -0.2) is 4.57 Å². The van der Waals surface area contributed by atoms with Crippen LogP contribution in [0.1, 0.15) is 11.1 Å². The quantitative estimate of drug-likeness (QED) is 0.788. The standard InChI is InChI=1S/C13H9FN2O/c14-12-4-5-13(17)16(9-12)8-11-3-1-2-10(6-11)7-15/h1-6,9H,8H2. The third-order valence-corrected chi connectivity index (χ3v) is 2.36. The molecule has 0 saturated carbocycles. The molecule has 84 valence electrons. The van der Waals surface area contributed by atoms with Gasteiger partial charge in [0.05, 0.1) is 18.2 Å². The highest BCUT2D eigenvalue weighted by Gasteiger charge is 2.00. The Labute approximate surface area is 97.4 Å². The summed E-state index contributed by atoms with van der Waals surface area (Å²) in [6.45, 7) is 0.256. The van der Waals surface area contributed by atoms with Gasteiger partial charge in [0.2, 0.25) is 0 Å². The maximum atomic E-state index is 13.0. The fourth-order valence-corrected chi connectivity index (χ4v) is 1.56. The van der Waals surface area contributed by atoms with Crippen LogP contribution in [0.25, 0.3) is 0 Å². The Kier molecular flexibility index (Phi) is 3.01. The highest BCUT2D eigenvalue weighted by Crippen LogP contribution is 2.05. The number of aromatic nitrogens is 1. The molecule has 0 amide bonds. The largest absolute Gasteiger partial charge is 0.308 e. The molecule has 0 atom stereocenters. The van der Waals surface area contributed by atoms with Gasteiger partial charge >= 0.3 is 0 Å². The minimum atomic E-state index is -0.457. The second kappa shape index (κ2) is 4.62. The van der Waals surface area contributed by atoms with Gasteiger partial charge in [0.25, 0.3) is 5.56 Å². The number of pyridine rings is 1. The first-order valence-electron chi connectivity index (χ1n) is 5.04. The minimum absolute atomic E-state index is 0.256. The van der Waals surface area contributed by atoms with Crippen LogP contribution in [0, 0.1) is 17.1 Å². The van der Waals surface area contributed by atoms with Crippen LogP contribution < -0.4 is 5.56 Å². The van der Waals surface area contributed by atoms with Gasteiger partial charge in [-0.3, -0.25) is 4.79 Å². The van der Waals surface area contributed by atoms with Gasteiger partial charge in [0, 0.05) is 12.3 Å². The van der Waals surface area contributed by atoms with E-state index in [1.807, 2.05) is 6.07 Å². The summed E-state index contributed by atoms with van der Waals surface area (Å²) in [5.41, 5.74) is 1.04. The summed E-state index contributed by atoms with van der Waals surface area (Å²) in [5.74, 6) is -0.457. The van der Waals surface area contributed by atoms with Crippen molar-refractivity contribution in [1.82, 2.24) is 4.57 Å². The molecule has 0 aliphatic heterocycles. The predicted molar refractivity (Wildman–Crippen MR) is 60.9 cm³/mol. The second-order valence-corrected chi connectivity index (χ2v) is 3.63. The summed E-state index contributed by atoms with van der Waals surface area (Å²) in [4.78, 5) is 11.5. The molecule has 0 N–H and O–H groups in total. The van der Waals surface area contributed by atoms with Crippen molar-refractivity contribution in [3.8, 4) is 6.07 Å². The van der Waals surface area contributed by atoms with Crippen LogP contribution in [0.2, 0.25) is 0 Å². The van der Waals surface area contributed by atoms with Crippen molar-refractivity contribution in [2.24, 2.45) is 0 Å². The smallest absolute Gasteiger partial charge is 0.251 e. The Bertz CT molecular complexity index is 640. The number of hydrogen-bond acceptors (Lipinski definition) is 2. The molecule has 1 aromatic carbocycles. The zero-order valence-corrected chi connectivity index (χ0v) is 8.93. The molecule has 0 bridgehead atoms. The molecule has 17 heavy (non-hydrogen) atoms. The van der Waals surface area contributed by atoms with Crippen LogP contribution in [0.4, 0.5) is 4.39 Å². The molecule has 0 aliphatic rings. The van der Waals surface area contributed by atoms with Crippen molar-refractivity contribution in [2.45, 2.75) is 6.54 Å². The maximum Gasteiger partial charge on any atom is 0.251 e. The van der Waals surface area contributed by atoms with Crippen LogP contribution in [-0.2, 0) is 6.54 Å². The summed E-state index contributed by atoms with van der Waals surface area (Å²) in [7, 11) is 0. The molecule has 0 fully saturated rings. The first-order valence-corrected chi connectivity index (χ1v) is 5.04. The molecule has 0 radical (unpaired) electrons. The SMILES string of the molecule is N#Cc1cccc(Cn2cc(F)ccc2=O)c1. The van der Waals surface area contributed by atoms with Gasteiger partial charge in [-0.25, -0.2) is 4.39 Å². The van der Waals surface area contributed by atoms with Gasteiger partial charge in [-0.2, -0.15) is 5.26 Å². The van der Waals surface area contributed by atoms with Crippen molar-refractivity contribution >= 4 is 0 Å². The molecular formula is C13H9FN2O. The first-order chi connectivity index (χ1) is 8.19. The van der Waals surface area contributed by atoms with Crippen LogP contribution in [0.15, 0.2) is 47.4 Å². The van der Waals surface area contributed by atoms with Crippen LogP contribution in [0.3, 0.4) is 0 Å². The molecule has 1 heterocycles. The molecular weight excluding hydrogens is 219 g/mol. The van der Waals surface area contributed by atoms with Crippen molar-refractivity contribution in [2.75, 3.05) is 0 Å². The van der Waals surface area contributed by atoms with Gasteiger partial charge in [-0.15, -0.1) is 0 Å². The van der Waals surface area contributed by atoms with E-state index in [9.17, 15) is 9.18 Å². The van der Waals surface area contributed by atoms with Gasteiger partial charge in [-0.05, 0) is 23.8 Å². The zero-order chi connectivity index (χ0) is 12.3. The lowest BCUT2D eigenvalue weighted by Gasteiger charge is -2.05. The molecule has 4 heteroatoms. The predicted octanol–water partition coefficient (Wildman–Crippen LogP) is 1.91. The van der Waals surface area contributed by atoms with E-state index in [0.717, 1.165) is 17.8 Å². The van der Waals surface area contributed by atoms with Gasteiger partial charge in [-0.1, -0.05) is 12.1 Å². The van der Waals surface area contributed by atoms with E-state index in [1.54, 1.807) is 24.3 Å². The van der Waals surface area contributed by atoms with Crippen LogP contribution >= 0.6 is 0 Å². The molecule has 0 unspecified atom stereocenters. The lowest BCUT2D eigenvalue weighted by molar-refractivity contribution is 0.595. The third-order valence-electron chi connectivity index (χ3n) is 2.36. The topological polar surface area (TPSA) is 45.8 Å². The van der Waals surface area contributed by atoms with Crippen molar-refractivity contribution in [1.29, 1.82) is 5.26 Å². The normalized spacial score (nSPS) is 9.88. The molecule has 2 aromatic rings. The van der Waals surface area contributed by atoms with E-state index < -0.39 is 5.82 Å². The Hall–Kier alpha value is -2.41. The van der Waals surface area contributed by atoms with Crippen molar-refractivity contribution in [3.05, 3.63) is 69.9 Å². The fraction of sp³-hybridized carbons (Fsp3) is 0.0769. The summed E-state index contributed by atoms with van der Waals surface area (Å²) < 4.78 is 14.3. The average molecular weight is 228 g/mol. The number of rotatable bonds is 2. The zero-order valence-electron chi connectivity index (χ0n) is 8.93. The molecule has 3 nitrogen and oxygen atoms in total. The number of nitrogens with zero attached hydrogens (tertiary/aromatic N) is 2. The molecule has 2 rings (SSSR count). The Balaban J connectivity index is 2.35. The third kappa shape index (κ3) is 2.58. The van der Waals surface area contributed by atoms with Crippen LogP contribution in [0.5, 0.6) is 0 Å². The Morgan fingerprint density at radius 2 is 2.12 bits per heavy atom. The average Bonchev–Trinajstić information content (AvgIpc) is 2.34. The van der Waals surface area contributed by atoms with Gasteiger partial charge in [0.15, 0.2) is 0 Å². The van der Waals surface area contributed by atoms with E-state index in [1.165, 1.54) is 10.6 Å². The van der Waals surface area contributed by atoms with Gasteiger partial charge < -0.3 is 4.57 Å². The fourth-order valence-electron chi connectivity index (χ4n) is 1.56. The summed E-state index contributed by atoms with van der Waals surface area (Å²) in [6, 6.07) is 11.2. The van der Waals surface area contributed by atoms with Crippen molar-refractivity contribution in [3.63, 3.8) is 0 Å². The lowest BCUT2D eigenvalue weighted by Crippen LogP contribution is -2.19. The lowest BCUT2D eigenvalue weighted by atomic mass is 10.1.